The van der Waals surface area contributed by atoms with Crippen molar-refractivity contribution in [3.63, 3.8) is 0 Å². The van der Waals surface area contributed by atoms with Gasteiger partial charge in [0.1, 0.15) is 18.1 Å². The van der Waals surface area contributed by atoms with Crippen LogP contribution in [-0.2, 0) is 0 Å². The van der Waals surface area contributed by atoms with Crippen LogP contribution in [0.5, 0.6) is 0 Å². The quantitative estimate of drug-likeness (QED) is 0.627. The number of pyridine rings is 1. The average Bonchev–Trinajstić information content (AvgIpc) is 3.30. The van der Waals surface area contributed by atoms with Gasteiger partial charge in [-0.1, -0.05) is 0 Å². The molecular weight excluding hydrogens is 354 g/mol. The van der Waals surface area contributed by atoms with E-state index in [9.17, 15) is 10.1 Å². The number of carbonyl (C=O) groups excluding carboxylic acids is 1. The van der Waals surface area contributed by atoms with Crippen LogP contribution in [0, 0.1) is 25.2 Å². The van der Waals surface area contributed by atoms with Crippen molar-refractivity contribution in [2.75, 3.05) is 6.54 Å². The van der Waals surface area contributed by atoms with Crippen molar-refractivity contribution >= 4 is 16.9 Å². The second kappa shape index (κ2) is 6.79. The summed E-state index contributed by atoms with van der Waals surface area (Å²) >= 11 is 0. The molecule has 1 saturated carbocycles. The summed E-state index contributed by atoms with van der Waals surface area (Å²) in [7, 11) is 0. The Labute approximate surface area is 163 Å². The first kappa shape index (κ1) is 18.2. The molecule has 0 bridgehead atoms. The van der Waals surface area contributed by atoms with Gasteiger partial charge >= 0.3 is 0 Å². The van der Waals surface area contributed by atoms with Gasteiger partial charge < -0.3 is 9.32 Å². The third-order valence-corrected chi connectivity index (χ3v) is 5.09. The van der Waals surface area contributed by atoms with Crippen LogP contribution in [0.15, 0.2) is 22.7 Å². The zero-order chi connectivity index (χ0) is 20.0. The molecule has 0 spiro atoms. The molecule has 0 aromatic carbocycles. The van der Waals surface area contributed by atoms with E-state index in [2.05, 4.69) is 11.2 Å². The van der Waals surface area contributed by atoms with Crippen molar-refractivity contribution in [1.29, 1.82) is 5.26 Å². The molecule has 1 aliphatic rings. The maximum atomic E-state index is 13.4. The maximum Gasteiger partial charge on any atom is 0.255 e. The number of amides is 1. The fraction of sp³-hybridized carbons (Fsp3) is 0.429. The Kier molecular flexibility index (Phi) is 4.42. The Balaban J connectivity index is 1.92. The number of nitrogens with zero attached hydrogens (tertiary/aromatic N) is 5. The molecule has 0 saturated heterocycles. The van der Waals surface area contributed by atoms with Gasteiger partial charge in [0.15, 0.2) is 5.65 Å². The number of carbonyl (C=O) groups is 1. The number of aryl methyl sites for hydroxylation is 2. The Morgan fingerprint density at radius 3 is 2.71 bits per heavy atom. The highest BCUT2D eigenvalue weighted by atomic mass is 16.3. The molecule has 3 aromatic heterocycles. The Bertz CT molecular complexity index is 1100. The average molecular weight is 377 g/mol. The summed E-state index contributed by atoms with van der Waals surface area (Å²) in [5, 5.41) is 14.4. The van der Waals surface area contributed by atoms with Gasteiger partial charge in [0, 0.05) is 17.6 Å². The molecule has 3 aromatic rings. The van der Waals surface area contributed by atoms with Gasteiger partial charge in [-0.3, -0.25) is 4.79 Å². The molecule has 0 atom stereocenters. The highest BCUT2D eigenvalue weighted by molar-refractivity contribution is 6.06. The number of furan rings is 1. The molecule has 4 rings (SSSR count). The van der Waals surface area contributed by atoms with Gasteiger partial charge in [0.25, 0.3) is 5.91 Å². The molecule has 1 fully saturated rings. The lowest BCUT2D eigenvalue weighted by atomic mass is 10.1. The third-order valence-electron chi connectivity index (χ3n) is 5.09. The predicted octanol–water partition coefficient (Wildman–Crippen LogP) is 4.02. The van der Waals surface area contributed by atoms with Crippen LogP contribution >= 0.6 is 0 Å². The zero-order valence-electron chi connectivity index (χ0n) is 16.6. The first-order valence-corrected chi connectivity index (χ1v) is 9.54. The third kappa shape index (κ3) is 3.05. The largest absolute Gasteiger partial charge is 0.466 e. The lowest BCUT2D eigenvalue weighted by molar-refractivity contribution is 0.0767. The van der Waals surface area contributed by atoms with E-state index in [0.717, 1.165) is 29.9 Å². The molecular formula is C21H23N5O2. The maximum absolute atomic E-state index is 13.4. The van der Waals surface area contributed by atoms with Crippen LogP contribution < -0.4 is 0 Å². The Morgan fingerprint density at radius 1 is 1.39 bits per heavy atom. The summed E-state index contributed by atoms with van der Waals surface area (Å²) in [6.07, 6.45) is 3.59. The second-order valence-corrected chi connectivity index (χ2v) is 7.62. The van der Waals surface area contributed by atoms with Crippen molar-refractivity contribution in [1.82, 2.24) is 19.7 Å². The van der Waals surface area contributed by atoms with Crippen molar-refractivity contribution in [3.8, 4) is 17.3 Å². The zero-order valence-corrected chi connectivity index (χ0v) is 16.6. The van der Waals surface area contributed by atoms with Gasteiger partial charge in [-0.05, 0) is 52.7 Å². The van der Waals surface area contributed by atoms with E-state index in [1.54, 1.807) is 17.2 Å². The van der Waals surface area contributed by atoms with Crippen molar-refractivity contribution in [2.24, 2.45) is 0 Å². The molecule has 1 amide bonds. The fourth-order valence-electron chi connectivity index (χ4n) is 3.58. The first-order chi connectivity index (χ1) is 13.4. The summed E-state index contributed by atoms with van der Waals surface area (Å²) < 4.78 is 7.50. The van der Waals surface area contributed by atoms with Crippen LogP contribution in [0.4, 0.5) is 0 Å². The summed E-state index contributed by atoms with van der Waals surface area (Å²) in [5.41, 5.74) is 2.75. The number of hydrogen-bond donors (Lipinski definition) is 0. The van der Waals surface area contributed by atoms with Gasteiger partial charge in [0.2, 0.25) is 0 Å². The monoisotopic (exact) mass is 377 g/mol. The number of rotatable bonds is 5. The smallest absolute Gasteiger partial charge is 0.255 e. The summed E-state index contributed by atoms with van der Waals surface area (Å²) in [6, 6.07) is 6.12. The number of nitriles is 1. The second-order valence-electron chi connectivity index (χ2n) is 7.62. The molecule has 0 radical (unpaired) electrons. The lowest BCUT2D eigenvalue weighted by Gasteiger charge is -2.20. The SMILES string of the molecule is Cc1cc(-c2cc(C(=O)N(CC#N)C3CC3)c3cnn(C(C)C)c3n2)c(C)o1. The minimum Gasteiger partial charge on any atom is -0.466 e. The minimum atomic E-state index is -0.140. The Morgan fingerprint density at radius 2 is 2.14 bits per heavy atom. The topological polar surface area (TPSA) is 88.0 Å². The van der Waals surface area contributed by atoms with E-state index in [0.29, 0.717) is 22.3 Å². The van der Waals surface area contributed by atoms with E-state index in [1.807, 2.05) is 38.4 Å². The van der Waals surface area contributed by atoms with E-state index in [4.69, 9.17) is 9.40 Å². The van der Waals surface area contributed by atoms with E-state index in [-0.39, 0.29) is 24.5 Å². The number of aromatic nitrogens is 3. The normalized spacial score (nSPS) is 13.9. The molecule has 0 aliphatic heterocycles. The molecule has 7 nitrogen and oxygen atoms in total. The van der Waals surface area contributed by atoms with Crippen LogP contribution in [0.1, 0.15) is 54.6 Å². The van der Waals surface area contributed by atoms with Crippen LogP contribution in [0.2, 0.25) is 0 Å². The molecule has 7 heteroatoms. The molecule has 3 heterocycles. The first-order valence-electron chi connectivity index (χ1n) is 9.54. The summed E-state index contributed by atoms with van der Waals surface area (Å²) in [4.78, 5) is 19.8. The molecule has 0 unspecified atom stereocenters. The van der Waals surface area contributed by atoms with Crippen LogP contribution in [0.25, 0.3) is 22.3 Å². The molecule has 0 N–H and O–H groups in total. The van der Waals surface area contributed by atoms with E-state index >= 15 is 0 Å². The van der Waals surface area contributed by atoms with Crippen molar-refractivity contribution in [3.05, 3.63) is 35.4 Å². The standard InChI is InChI=1S/C21H23N5O2/c1-12(2)26-20-18(11-23-26)17(21(27)25(8-7-22)15-5-6-15)10-19(24-20)16-9-13(3)28-14(16)4/h9-12,15H,5-6,8H2,1-4H3. The van der Waals surface area contributed by atoms with Crippen molar-refractivity contribution < 1.29 is 9.21 Å². The Hall–Kier alpha value is -3.14. The number of hydrogen-bond acceptors (Lipinski definition) is 5. The molecule has 28 heavy (non-hydrogen) atoms. The molecule has 1 aliphatic carbocycles. The minimum absolute atomic E-state index is 0.0881. The fourth-order valence-corrected chi connectivity index (χ4v) is 3.58. The lowest BCUT2D eigenvalue weighted by Crippen LogP contribution is -2.33. The highest BCUT2D eigenvalue weighted by Crippen LogP contribution is 2.33. The van der Waals surface area contributed by atoms with Gasteiger partial charge in [-0.2, -0.15) is 10.4 Å². The van der Waals surface area contributed by atoms with Gasteiger partial charge in [0.05, 0.1) is 28.9 Å². The van der Waals surface area contributed by atoms with Gasteiger partial charge in [-0.15, -0.1) is 0 Å². The summed E-state index contributed by atoms with van der Waals surface area (Å²) in [5.74, 6) is 1.41. The predicted molar refractivity (Wildman–Crippen MR) is 105 cm³/mol. The van der Waals surface area contributed by atoms with E-state index in [1.165, 1.54) is 0 Å². The highest BCUT2D eigenvalue weighted by Gasteiger charge is 2.34. The number of fused-ring (bicyclic) bond motifs is 1. The van der Waals surface area contributed by atoms with Crippen LogP contribution in [-0.4, -0.2) is 38.2 Å². The van der Waals surface area contributed by atoms with Crippen molar-refractivity contribution in [2.45, 2.75) is 52.6 Å². The molecule has 144 valence electrons. The van der Waals surface area contributed by atoms with Gasteiger partial charge in [-0.25, -0.2) is 9.67 Å². The van der Waals surface area contributed by atoms with E-state index < -0.39 is 0 Å². The van der Waals surface area contributed by atoms with Crippen LogP contribution in [0.3, 0.4) is 0 Å². The summed E-state index contributed by atoms with van der Waals surface area (Å²) in [6.45, 7) is 7.93.